The van der Waals surface area contributed by atoms with Gasteiger partial charge in [0.25, 0.3) is 0 Å². The van der Waals surface area contributed by atoms with Crippen LogP contribution in [0.3, 0.4) is 0 Å². The van der Waals surface area contributed by atoms with Gasteiger partial charge in [0.05, 0.1) is 18.3 Å². The largest absolute Gasteiger partial charge is 0.393 e. The molecule has 5 nitrogen and oxygen atoms in total. The van der Waals surface area contributed by atoms with Crippen molar-refractivity contribution in [2.24, 2.45) is 5.92 Å². The van der Waals surface area contributed by atoms with Gasteiger partial charge in [-0.05, 0) is 39.2 Å². The van der Waals surface area contributed by atoms with E-state index in [-0.39, 0.29) is 17.9 Å². The molecule has 2 unspecified atom stereocenters. The Labute approximate surface area is 117 Å². The Morgan fingerprint density at radius 2 is 2.53 bits per heavy atom. The number of nitrogens with one attached hydrogen (secondary N) is 1. The minimum atomic E-state index is -0.299. The lowest BCUT2D eigenvalue weighted by molar-refractivity contribution is -0.118. The number of nitrogens with zero attached hydrogens (tertiary/aromatic N) is 2. The molecule has 2 heterocycles. The number of piperidine rings is 1. The van der Waals surface area contributed by atoms with Gasteiger partial charge in [0.15, 0.2) is 5.13 Å². The Hall–Kier alpha value is -0.980. The van der Waals surface area contributed by atoms with Gasteiger partial charge in [-0.3, -0.25) is 9.69 Å². The molecule has 0 aromatic carbocycles. The second-order valence-electron chi connectivity index (χ2n) is 5.22. The van der Waals surface area contributed by atoms with Crippen LogP contribution in [0, 0.1) is 12.8 Å². The standard InChI is InChI=1S/C13H21N3O2S/c1-9-8-19-13(14-9)15-12(18)7-16-5-3-4-11(6-16)10(2)17/h8,10-11,17H,3-7H2,1-2H3,(H,14,15,18). The van der Waals surface area contributed by atoms with E-state index in [0.29, 0.717) is 11.7 Å². The van der Waals surface area contributed by atoms with Crippen LogP contribution in [0.5, 0.6) is 0 Å². The highest BCUT2D eigenvalue weighted by Gasteiger charge is 2.24. The Balaban J connectivity index is 1.81. The molecule has 0 saturated carbocycles. The maximum Gasteiger partial charge on any atom is 0.240 e. The smallest absolute Gasteiger partial charge is 0.240 e. The van der Waals surface area contributed by atoms with Crippen LogP contribution in [-0.2, 0) is 4.79 Å². The van der Waals surface area contributed by atoms with Crippen molar-refractivity contribution < 1.29 is 9.90 Å². The van der Waals surface area contributed by atoms with Crippen molar-refractivity contribution in [3.63, 3.8) is 0 Å². The average molecular weight is 283 g/mol. The second kappa shape index (κ2) is 6.45. The highest BCUT2D eigenvalue weighted by molar-refractivity contribution is 7.13. The topological polar surface area (TPSA) is 65.5 Å². The zero-order valence-corrected chi connectivity index (χ0v) is 12.2. The average Bonchev–Trinajstić information content (AvgIpc) is 2.74. The van der Waals surface area contributed by atoms with Gasteiger partial charge in [0, 0.05) is 11.9 Å². The third kappa shape index (κ3) is 4.26. The summed E-state index contributed by atoms with van der Waals surface area (Å²) in [6, 6.07) is 0. The van der Waals surface area contributed by atoms with Crippen LogP contribution < -0.4 is 5.32 Å². The molecule has 1 fully saturated rings. The number of aliphatic hydroxyl groups excluding tert-OH is 1. The van der Waals surface area contributed by atoms with Gasteiger partial charge < -0.3 is 10.4 Å². The minimum absolute atomic E-state index is 0.0272. The molecule has 6 heteroatoms. The van der Waals surface area contributed by atoms with Crippen LogP contribution >= 0.6 is 11.3 Å². The summed E-state index contributed by atoms with van der Waals surface area (Å²) in [5.41, 5.74) is 0.924. The van der Waals surface area contributed by atoms with Crippen molar-refractivity contribution in [3.8, 4) is 0 Å². The first-order chi connectivity index (χ1) is 9.04. The number of thiazole rings is 1. The van der Waals surface area contributed by atoms with Crippen molar-refractivity contribution in [3.05, 3.63) is 11.1 Å². The van der Waals surface area contributed by atoms with Gasteiger partial charge in [-0.2, -0.15) is 0 Å². The lowest BCUT2D eigenvalue weighted by Crippen LogP contribution is -2.43. The number of carbonyl (C=O) groups is 1. The third-order valence-corrected chi connectivity index (χ3v) is 4.33. The van der Waals surface area contributed by atoms with E-state index < -0.39 is 0 Å². The number of anilines is 1. The number of rotatable bonds is 4. The van der Waals surface area contributed by atoms with E-state index in [1.165, 1.54) is 11.3 Å². The quantitative estimate of drug-likeness (QED) is 0.878. The SMILES string of the molecule is Cc1csc(NC(=O)CN2CCCC(C(C)O)C2)n1. The molecule has 106 valence electrons. The van der Waals surface area contributed by atoms with Gasteiger partial charge in [0.1, 0.15) is 0 Å². The molecule has 1 aliphatic rings. The van der Waals surface area contributed by atoms with Crippen molar-refractivity contribution >= 4 is 22.4 Å². The number of hydrogen-bond acceptors (Lipinski definition) is 5. The van der Waals surface area contributed by atoms with Crippen LogP contribution in [-0.4, -0.2) is 46.6 Å². The monoisotopic (exact) mass is 283 g/mol. The summed E-state index contributed by atoms with van der Waals surface area (Å²) in [7, 11) is 0. The van der Waals surface area contributed by atoms with E-state index in [1.807, 2.05) is 19.2 Å². The Morgan fingerprint density at radius 1 is 1.74 bits per heavy atom. The molecule has 19 heavy (non-hydrogen) atoms. The summed E-state index contributed by atoms with van der Waals surface area (Å²) in [5.74, 6) is 0.254. The van der Waals surface area contributed by atoms with Crippen LogP contribution in [0.4, 0.5) is 5.13 Å². The van der Waals surface area contributed by atoms with E-state index in [9.17, 15) is 9.90 Å². The molecule has 1 amide bonds. The summed E-state index contributed by atoms with van der Waals surface area (Å²) in [4.78, 5) is 18.2. The van der Waals surface area contributed by atoms with E-state index >= 15 is 0 Å². The normalized spacial score (nSPS) is 22.2. The summed E-state index contributed by atoms with van der Waals surface area (Å²) in [6.07, 6.45) is 1.79. The fourth-order valence-corrected chi connectivity index (χ4v) is 3.11. The molecule has 0 spiro atoms. The highest BCUT2D eigenvalue weighted by Crippen LogP contribution is 2.20. The molecule has 0 aliphatic carbocycles. The molecule has 2 atom stereocenters. The zero-order chi connectivity index (χ0) is 13.8. The number of amides is 1. The van der Waals surface area contributed by atoms with Crippen LogP contribution in [0.1, 0.15) is 25.5 Å². The van der Waals surface area contributed by atoms with Gasteiger partial charge in [-0.15, -0.1) is 11.3 Å². The van der Waals surface area contributed by atoms with Crippen LogP contribution in [0.15, 0.2) is 5.38 Å². The lowest BCUT2D eigenvalue weighted by atomic mass is 9.93. The second-order valence-corrected chi connectivity index (χ2v) is 6.08. The maximum absolute atomic E-state index is 11.9. The van der Waals surface area contributed by atoms with Gasteiger partial charge >= 0.3 is 0 Å². The number of carbonyl (C=O) groups excluding carboxylic acids is 1. The predicted octanol–water partition coefficient (Wildman–Crippen LogP) is 1.48. The predicted molar refractivity (Wildman–Crippen MR) is 76.3 cm³/mol. The molecule has 1 aromatic heterocycles. The number of hydrogen-bond donors (Lipinski definition) is 2. The van der Waals surface area contributed by atoms with Crippen molar-refractivity contribution in [1.82, 2.24) is 9.88 Å². The molecule has 0 bridgehead atoms. The number of likely N-dealkylation sites (tertiary alicyclic amines) is 1. The van der Waals surface area contributed by atoms with Gasteiger partial charge in [-0.1, -0.05) is 0 Å². The van der Waals surface area contributed by atoms with Crippen molar-refractivity contribution in [1.29, 1.82) is 0 Å². The zero-order valence-electron chi connectivity index (χ0n) is 11.4. The summed E-state index contributed by atoms with van der Waals surface area (Å²) >= 11 is 1.44. The Morgan fingerprint density at radius 3 is 3.16 bits per heavy atom. The van der Waals surface area contributed by atoms with E-state index in [1.54, 1.807) is 0 Å². The number of aromatic nitrogens is 1. The summed E-state index contributed by atoms with van der Waals surface area (Å²) < 4.78 is 0. The molecular weight excluding hydrogens is 262 g/mol. The van der Waals surface area contributed by atoms with Crippen molar-refractivity contribution in [2.45, 2.75) is 32.8 Å². The van der Waals surface area contributed by atoms with E-state index in [0.717, 1.165) is 31.6 Å². The summed E-state index contributed by atoms with van der Waals surface area (Å²) in [6.45, 7) is 5.83. The molecule has 2 rings (SSSR count). The summed E-state index contributed by atoms with van der Waals surface area (Å²) in [5, 5.41) is 15.0. The van der Waals surface area contributed by atoms with Crippen LogP contribution in [0.2, 0.25) is 0 Å². The molecule has 1 saturated heterocycles. The maximum atomic E-state index is 11.9. The third-order valence-electron chi connectivity index (χ3n) is 3.46. The van der Waals surface area contributed by atoms with Crippen LogP contribution in [0.25, 0.3) is 0 Å². The first-order valence-electron chi connectivity index (χ1n) is 6.67. The van der Waals surface area contributed by atoms with E-state index in [4.69, 9.17) is 0 Å². The molecular formula is C13H21N3O2S. The number of aliphatic hydroxyl groups is 1. The van der Waals surface area contributed by atoms with Crippen molar-refractivity contribution in [2.75, 3.05) is 25.0 Å². The van der Waals surface area contributed by atoms with Gasteiger partial charge in [0.2, 0.25) is 5.91 Å². The lowest BCUT2D eigenvalue weighted by Gasteiger charge is -2.33. The molecule has 0 radical (unpaired) electrons. The minimum Gasteiger partial charge on any atom is -0.393 e. The van der Waals surface area contributed by atoms with Gasteiger partial charge in [-0.25, -0.2) is 4.98 Å². The Kier molecular flexibility index (Phi) is 4.90. The highest BCUT2D eigenvalue weighted by atomic mass is 32.1. The molecule has 2 N–H and O–H groups in total. The fourth-order valence-electron chi connectivity index (χ4n) is 2.40. The first kappa shape index (κ1) is 14.4. The first-order valence-corrected chi connectivity index (χ1v) is 7.55. The molecule has 1 aromatic rings. The fraction of sp³-hybridized carbons (Fsp3) is 0.692. The Bertz CT molecular complexity index is 433. The molecule has 1 aliphatic heterocycles. The number of aryl methyl sites for hydroxylation is 1. The van der Waals surface area contributed by atoms with E-state index in [2.05, 4.69) is 15.2 Å².